The third kappa shape index (κ3) is 3.43. The number of nitrogens with zero attached hydrogens (tertiary/aromatic N) is 2. The van der Waals surface area contributed by atoms with E-state index in [0.29, 0.717) is 10.6 Å². The van der Waals surface area contributed by atoms with Crippen molar-refractivity contribution >= 4 is 23.4 Å². The molecule has 0 atom stereocenters. The Kier molecular flexibility index (Phi) is 4.68. The maximum Gasteiger partial charge on any atom is 0.148 e. The van der Waals surface area contributed by atoms with E-state index in [2.05, 4.69) is 42.8 Å². The molecule has 2 rings (SSSR count). The van der Waals surface area contributed by atoms with E-state index in [1.54, 1.807) is 0 Å². The molecule has 1 saturated carbocycles. The first-order valence-electron chi connectivity index (χ1n) is 7.46. The summed E-state index contributed by atoms with van der Waals surface area (Å²) in [5.41, 5.74) is 3.56. The molecular formula is C15H27N5S. The van der Waals surface area contributed by atoms with Crippen LogP contribution in [0.25, 0.3) is 0 Å². The van der Waals surface area contributed by atoms with Gasteiger partial charge in [0.1, 0.15) is 17.5 Å². The summed E-state index contributed by atoms with van der Waals surface area (Å²) in [4.78, 5) is 9.25. The number of nitrogen functional groups attached to an aromatic ring is 1. The summed E-state index contributed by atoms with van der Waals surface area (Å²) in [7, 11) is 0. The van der Waals surface area contributed by atoms with Crippen LogP contribution in [0.4, 0.5) is 11.6 Å². The van der Waals surface area contributed by atoms with Crippen molar-refractivity contribution in [3.8, 4) is 0 Å². The zero-order valence-corrected chi connectivity index (χ0v) is 14.5. The van der Waals surface area contributed by atoms with E-state index < -0.39 is 0 Å². The van der Waals surface area contributed by atoms with E-state index in [-0.39, 0.29) is 5.41 Å². The normalized spacial score (nSPS) is 17.2. The highest BCUT2D eigenvalue weighted by Crippen LogP contribution is 2.43. The van der Waals surface area contributed by atoms with Crippen molar-refractivity contribution in [2.45, 2.75) is 57.1 Å². The SMILES string of the molecule is CSC1(CNc2nc(C(C)(C)C)nc(NN)c2C)CCC1. The van der Waals surface area contributed by atoms with Gasteiger partial charge in [-0.25, -0.2) is 15.8 Å². The molecule has 4 N–H and O–H groups in total. The molecule has 118 valence electrons. The minimum atomic E-state index is -0.108. The van der Waals surface area contributed by atoms with Crippen LogP contribution in [0.1, 0.15) is 51.4 Å². The highest BCUT2D eigenvalue weighted by atomic mass is 32.2. The lowest BCUT2D eigenvalue weighted by molar-refractivity contribution is 0.379. The molecule has 1 aromatic rings. The molecule has 0 amide bonds. The molecule has 6 heteroatoms. The summed E-state index contributed by atoms with van der Waals surface area (Å²) in [6, 6.07) is 0. The number of hydrogen-bond acceptors (Lipinski definition) is 6. The van der Waals surface area contributed by atoms with Crippen molar-refractivity contribution in [1.29, 1.82) is 0 Å². The Morgan fingerprint density at radius 3 is 2.29 bits per heavy atom. The first-order chi connectivity index (χ1) is 9.81. The second-order valence-electron chi connectivity index (χ2n) is 6.86. The lowest BCUT2D eigenvalue weighted by atomic mass is 9.84. The van der Waals surface area contributed by atoms with Gasteiger partial charge in [0, 0.05) is 22.3 Å². The van der Waals surface area contributed by atoms with Crippen LogP contribution < -0.4 is 16.6 Å². The molecule has 0 unspecified atom stereocenters. The van der Waals surface area contributed by atoms with Crippen LogP contribution in [0.15, 0.2) is 0 Å². The predicted octanol–water partition coefficient (Wildman–Crippen LogP) is 3.07. The first-order valence-corrected chi connectivity index (χ1v) is 8.68. The largest absolute Gasteiger partial charge is 0.368 e. The number of nitrogens with one attached hydrogen (secondary N) is 2. The molecule has 0 aliphatic heterocycles. The Bertz CT molecular complexity index is 500. The highest BCUT2D eigenvalue weighted by molar-refractivity contribution is 8.00. The molecule has 0 radical (unpaired) electrons. The van der Waals surface area contributed by atoms with E-state index in [9.17, 15) is 0 Å². The maximum absolute atomic E-state index is 5.61. The fourth-order valence-corrected chi connectivity index (χ4v) is 3.35. The van der Waals surface area contributed by atoms with E-state index in [4.69, 9.17) is 10.8 Å². The van der Waals surface area contributed by atoms with Gasteiger partial charge in [-0.05, 0) is 26.0 Å². The van der Waals surface area contributed by atoms with Crippen LogP contribution in [-0.4, -0.2) is 27.5 Å². The Labute approximate surface area is 131 Å². The van der Waals surface area contributed by atoms with Crippen molar-refractivity contribution < 1.29 is 0 Å². The second-order valence-corrected chi connectivity index (χ2v) is 8.13. The summed E-state index contributed by atoms with van der Waals surface area (Å²) in [6.45, 7) is 9.27. The Morgan fingerprint density at radius 2 is 1.86 bits per heavy atom. The third-order valence-electron chi connectivity index (χ3n) is 4.23. The summed E-state index contributed by atoms with van der Waals surface area (Å²) in [5, 5.41) is 3.53. The van der Waals surface area contributed by atoms with Crippen molar-refractivity contribution in [2.75, 3.05) is 23.5 Å². The number of anilines is 2. The number of aromatic nitrogens is 2. The average molecular weight is 309 g/mol. The third-order valence-corrected chi connectivity index (χ3v) is 5.65. The van der Waals surface area contributed by atoms with E-state index >= 15 is 0 Å². The van der Waals surface area contributed by atoms with Gasteiger partial charge in [-0.3, -0.25) is 0 Å². The molecule has 1 aliphatic rings. The van der Waals surface area contributed by atoms with Crippen molar-refractivity contribution in [3.63, 3.8) is 0 Å². The topological polar surface area (TPSA) is 75.9 Å². The number of hydrazine groups is 1. The Balaban J connectivity index is 2.25. The number of nitrogens with two attached hydrogens (primary N) is 1. The van der Waals surface area contributed by atoms with Crippen LogP contribution in [0.5, 0.6) is 0 Å². The quantitative estimate of drug-likeness (QED) is 0.573. The van der Waals surface area contributed by atoms with Crippen LogP contribution in [0.3, 0.4) is 0 Å². The van der Waals surface area contributed by atoms with Crippen LogP contribution in [0.2, 0.25) is 0 Å². The van der Waals surface area contributed by atoms with Gasteiger partial charge in [-0.1, -0.05) is 27.2 Å². The molecule has 1 fully saturated rings. The molecule has 0 aromatic carbocycles. The number of thioether (sulfide) groups is 1. The van der Waals surface area contributed by atoms with Crippen LogP contribution in [0, 0.1) is 6.92 Å². The molecule has 0 saturated heterocycles. The smallest absolute Gasteiger partial charge is 0.148 e. The fourth-order valence-electron chi connectivity index (χ4n) is 2.43. The van der Waals surface area contributed by atoms with Gasteiger partial charge in [-0.15, -0.1) is 0 Å². The highest BCUT2D eigenvalue weighted by Gasteiger charge is 2.36. The lowest BCUT2D eigenvalue weighted by Gasteiger charge is -2.40. The van der Waals surface area contributed by atoms with E-state index in [0.717, 1.165) is 23.8 Å². The molecule has 21 heavy (non-hydrogen) atoms. The molecule has 0 spiro atoms. The maximum atomic E-state index is 5.61. The molecule has 0 bridgehead atoms. The van der Waals surface area contributed by atoms with Crippen LogP contribution >= 0.6 is 11.8 Å². The summed E-state index contributed by atoms with van der Waals surface area (Å²) < 4.78 is 0.371. The van der Waals surface area contributed by atoms with Gasteiger partial charge >= 0.3 is 0 Å². The average Bonchev–Trinajstić information content (AvgIpc) is 2.38. The number of rotatable bonds is 5. The minimum Gasteiger partial charge on any atom is -0.368 e. The van der Waals surface area contributed by atoms with Crippen molar-refractivity contribution in [1.82, 2.24) is 9.97 Å². The molecule has 1 aromatic heterocycles. The van der Waals surface area contributed by atoms with Gasteiger partial charge in [-0.2, -0.15) is 11.8 Å². The molecule has 1 aliphatic carbocycles. The van der Waals surface area contributed by atoms with Gasteiger partial charge in [0.15, 0.2) is 0 Å². The monoisotopic (exact) mass is 309 g/mol. The molecular weight excluding hydrogens is 282 g/mol. The van der Waals surface area contributed by atoms with Crippen molar-refractivity contribution in [2.24, 2.45) is 5.84 Å². The number of hydrogen-bond donors (Lipinski definition) is 3. The van der Waals surface area contributed by atoms with E-state index in [1.165, 1.54) is 19.3 Å². The predicted molar refractivity (Wildman–Crippen MR) is 91.9 cm³/mol. The minimum absolute atomic E-state index is 0.108. The summed E-state index contributed by atoms with van der Waals surface area (Å²) >= 11 is 1.96. The van der Waals surface area contributed by atoms with Crippen LogP contribution in [-0.2, 0) is 5.41 Å². The zero-order chi connectivity index (χ0) is 15.7. The lowest BCUT2D eigenvalue weighted by Crippen LogP contribution is -2.40. The second kappa shape index (κ2) is 6.01. The van der Waals surface area contributed by atoms with Crippen molar-refractivity contribution in [3.05, 3.63) is 11.4 Å². The molecule has 1 heterocycles. The standard InChI is InChI=1S/C15H27N5S/c1-10-11(17-9-15(21-5)7-6-8-15)18-13(14(2,3)4)19-12(10)20-16/h6-9,16H2,1-5H3,(H2,17,18,19,20). The van der Waals surface area contributed by atoms with E-state index in [1.807, 2.05) is 18.7 Å². The fraction of sp³-hybridized carbons (Fsp3) is 0.733. The molecule has 5 nitrogen and oxygen atoms in total. The Morgan fingerprint density at radius 1 is 1.24 bits per heavy atom. The summed E-state index contributed by atoms with van der Waals surface area (Å²) in [6.07, 6.45) is 6.08. The first kappa shape index (κ1) is 16.4. The van der Waals surface area contributed by atoms with Gasteiger partial charge in [0.05, 0.1) is 0 Å². The van der Waals surface area contributed by atoms with Gasteiger partial charge in [0.25, 0.3) is 0 Å². The van der Waals surface area contributed by atoms with Gasteiger partial charge < -0.3 is 10.7 Å². The summed E-state index contributed by atoms with van der Waals surface area (Å²) in [5.74, 6) is 8.00. The van der Waals surface area contributed by atoms with Gasteiger partial charge in [0.2, 0.25) is 0 Å². The Hall–Kier alpha value is -1.01. The zero-order valence-electron chi connectivity index (χ0n) is 13.7.